The number of hydrogen-bond donors (Lipinski definition) is 1. The van der Waals surface area contributed by atoms with Crippen LogP contribution in [0.5, 0.6) is 0 Å². The lowest BCUT2D eigenvalue weighted by Crippen LogP contribution is -2.44. The van der Waals surface area contributed by atoms with Crippen molar-refractivity contribution in [3.05, 3.63) is 83.0 Å². The van der Waals surface area contributed by atoms with E-state index in [4.69, 9.17) is 4.52 Å². The highest BCUT2D eigenvalue weighted by Gasteiger charge is 2.47. The summed E-state index contributed by atoms with van der Waals surface area (Å²) in [6, 6.07) is 9.45. The van der Waals surface area contributed by atoms with Gasteiger partial charge in [0.25, 0.3) is 5.88 Å². The molecule has 7 heteroatoms. The Morgan fingerprint density at radius 1 is 1.32 bits per heavy atom. The van der Waals surface area contributed by atoms with Gasteiger partial charge >= 0.3 is 0 Å². The highest BCUT2D eigenvalue weighted by molar-refractivity contribution is 9.10. The maximum Gasteiger partial charge on any atom is 0.252 e. The summed E-state index contributed by atoms with van der Waals surface area (Å²) >= 11 is 3.29. The molecule has 2 atom stereocenters. The van der Waals surface area contributed by atoms with Crippen molar-refractivity contribution in [1.82, 2.24) is 5.16 Å². The topological polar surface area (TPSA) is 72.2 Å². The van der Waals surface area contributed by atoms with Gasteiger partial charge in [-0.15, -0.1) is 6.58 Å². The van der Waals surface area contributed by atoms with Gasteiger partial charge in [0.2, 0.25) is 10.0 Å². The van der Waals surface area contributed by atoms with E-state index in [1.54, 1.807) is 19.1 Å². The van der Waals surface area contributed by atoms with Crippen LogP contribution in [0.1, 0.15) is 17.2 Å². The lowest BCUT2D eigenvalue weighted by molar-refractivity contribution is 0.429. The number of aryl methyl sites for hydroxylation is 1. The molecule has 1 N–H and O–H groups in total. The molecule has 0 bridgehead atoms. The van der Waals surface area contributed by atoms with Crippen molar-refractivity contribution in [3.8, 4) is 0 Å². The van der Waals surface area contributed by atoms with Gasteiger partial charge in [0.15, 0.2) is 0 Å². The SMILES string of the molecule is C=CC1(S(=O)(=O)Nc2onc(C)c2Br)C=CC=CC1c1ccccc1. The van der Waals surface area contributed by atoms with Crippen molar-refractivity contribution >= 4 is 31.8 Å². The second-order valence-electron chi connectivity index (χ2n) is 5.71. The second-order valence-corrected chi connectivity index (χ2v) is 8.42. The normalized spacial score (nSPS) is 22.7. The van der Waals surface area contributed by atoms with E-state index in [1.807, 2.05) is 42.5 Å². The molecule has 1 aromatic carbocycles. The van der Waals surface area contributed by atoms with E-state index in [0.29, 0.717) is 10.2 Å². The molecule has 0 fully saturated rings. The van der Waals surface area contributed by atoms with E-state index in [2.05, 4.69) is 32.4 Å². The molecule has 130 valence electrons. The van der Waals surface area contributed by atoms with Crippen LogP contribution in [0, 0.1) is 6.92 Å². The fourth-order valence-electron chi connectivity index (χ4n) is 2.86. The first-order chi connectivity index (χ1) is 11.9. The molecule has 2 unspecified atom stereocenters. The van der Waals surface area contributed by atoms with Crippen LogP contribution in [0.25, 0.3) is 0 Å². The zero-order valence-electron chi connectivity index (χ0n) is 13.5. The summed E-state index contributed by atoms with van der Waals surface area (Å²) in [5, 5.41) is 3.76. The molecule has 5 nitrogen and oxygen atoms in total. The van der Waals surface area contributed by atoms with Gasteiger partial charge in [0, 0.05) is 5.92 Å². The lowest BCUT2D eigenvalue weighted by Gasteiger charge is -2.35. The number of sulfonamides is 1. The molecular formula is C18H17BrN2O3S. The molecule has 0 saturated heterocycles. The predicted octanol–water partition coefficient (Wildman–Crippen LogP) is 4.32. The highest BCUT2D eigenvalue weighted by Crippen LogP contribution is 2.42. The molecule has 2 aromatic rings. The van der Waals surface area contributed by atoms with Crippen LogP contribution < -0.4 is 4.72 Å². The van der Waals surface area contributed by atoms with Crippen molar-refractivity contribution in [2.24, 2.45) is 0 Å². The molecule has 0 amide bonds. The summed E-state index contributed by atoms with van der Waals surface area (Å²) in [5.74, 6) is -0.370. The highest BCUT2D eigenvalue weighted by atomic mass is 79.9. The third kappa shape index (κ3) is 2.98. The minimum atomic E-state index is -3.92. The number of aromatic nitrogens is 1. The third-order valence-electron chi connectivity index (χ3n) is 4.22. The zero-order chi connectivity index (χ0) is 18.1. The number of nitrogens with one attached hydrogen (secondary N) is 1. The molecule has 0 aliphatic heterocycles. The average Bonchev–Trinajstić information content (AvgIpc) is 2.93. The standard InChI is InChI=1S/C18H17BrN2O3S/c1-3-18(25(22,23)21-17-16(19)13(2)20-24-17)12-8-7-11-15(18)14-9-5-4-6-10-14/h3-12,15,21H,1H2,2H3. The maximum atomic E-state index is 13.3. The van der Waals surface area contributed by atoms with Gasteiger partial charge < -0.3 is 4.52 Å². The number of anilines is 1. The monoisotopic (exact) mass is 420 g/mol. The first-order valence-electron chi connectivity index (χ1n) is 7.60. The summed E-state index contributed by atoms with van der Waals surface area (Å²) in [5.41, 5.74) is 1.44. The predicted molar refractivity (Wildman–Crippen MR) is 102 cm³/mol. The van der Waals surface area contributed by atoms with E-state index in [9.17, 15) is 8.42 Å². The molecule has 3 rings (SSSR count). The number of allylic oxidation sites excluding steroid dienone is 3. The fourth-order valence-corrected chi connectivity index (χ4v) is 4.82. The summed E-state index contributed by atoms with van der Waals surface area (Å²) in [6.07, 6.45) is 8.49. The molecule has 25 heavy (non-hydrogen) atoms. The quantitative estimate of drug-likeness (QED) is 0.730. The maximum absolute atomic E-state index is 13.3. The Kier molecular flexibility index (Phi) is 4.71. The molecule has 0 radical (unpaired) electrons. The van der Waals surface area contributed by atoms with Gasteiger partial charge in [-0.2, -0.15) is 0 Å². The minimum absolute atomic E-state index is 0.0495. The smallest absolute Gasteiger partial charge is 0.252 e. The molecule has 1 aromatic heterocycles. The Hall–Kier alpha value is -2.12. The summed E-state index contributed by atoms with van der Waals surface area (Å²) < 4.78 is 33.3. The van der Waals surface area contributed by atoms with Crippen molar-refractivity contribution in [2.75, 3.05) is 4.72 Å². The van der Waals surface area contributed by atoms with Crippen LogP contribution in [-0.4, -0.2) is 18.3 Å². The van der Waals surface area contributed by atoms with Crippen molar-refractivity contribution in [2.45, 2.75) is 17.6 Å². The van der Waals surface area contributed by atoms with Crippen LogP contribution in [0.2, 0.25) is 0 Å². The third-order valence-corrected chi connectivity index (χ3v) is 7.09. The average molecular weight is 421 g/mol. The molecule has 0 spiro atoms. The van der Waals surface area contributed by atoms with Crippen molar-refractivity contribution in [3.63, 3.8) is 0 Å². The van der Waals surface area contributed by atoms with Crippen molar-refractivity contribution < 1.29 is 12.9 Å². The molecular weight excluding hydrogens is 404 g/mol. The molecule has 0 saturated carbocycles. The number of hydrogen-bond acceptors (Lipinski definition) is 4. The summed E-state index contributed by atoms with van der Waals surface area (Å²) in [4.78, 5) is 0. The number of benzene rings is 1. The van der Waals surface area contributed by atoms with E-state index < -0.39 is 20.7 Å². The Labute approximate surface area is 155 Å². The van der Waals surface area contributed by atoms with Crippen LogP contribution in [0.15, 0.2) is 76.3 Å². The van der Waals surface area contributed by atoms with Crippen LogP contribution in [-0.2, 0) is 10.0 Å². The van der Waals surface area contributed by atoms with Crippen molar-refractivity contribution in [1.29, 1.82) is 0 Å². The van der Waals surface area contributed by atoms with Gasteiger partial charge in [0.05, 0.1) is 5.69 Å². The Balaban J connectivity index is 2.08. The van der Waals surface area contributed by atoms with Gasteiger partial charge in [-0.3, -0.25) is 0 Å². The summed E-state index contributed by atoms with van der Waals surface area (Å²) in [6.45, 7) is 5.52. The largest absolute Gasteiger partial charge is 0.336 e. The van der Waals surface area contributed by atoms with E-state index in [-0.39, 0.29) is 5.88 Å². The molecule has 1 heterocycles. The van der Waals surface area contributed by atoms with Gasteiger partial charge in [-0.25, -0.2) is 13.1 Å². The summed E-state index contributed by atoms with van der Waals surface area (Å²) in [7, 11) is -3.92. The molecule has 1 aliphatic rings. The van der Waals surface area contributed by atoms with Gasteiger partial charge in [-0.05, 0) is 28.4 Å². The first kappa shape index (κ1) is 17.7. The number of halogens is 1. The van der Waals surface area contributed by atoms with Crippen LogP contribution >= 0.6 is 15.9 Å². The fraction of sp³-hybridized carbons (Fsp3) is 0.167. The van der Waals surface area contributed by atoms with Gasteiger partial charge in [0.1, 0.15) is 9.22 Å². The van der Waals surface area contributed by atoms with Crippen LogP contribution in [0.3, 0.4) is 0 Å². The van der Waals surface area contributed by atoms with E-state index in [0.717, 1.165) is 5.56 Å². The Morgan fingerprint density at radius 2 is 2.04 bits per heavy atom. The van der Waals surface area contributed by atoms with E-state index in [1.165, 1.54) is 6.08 Å². The Bertz CT molecular complexity index is 948. The number of nitrogens with zero attached hydrogens (tertiary/aromatic N) is 1. The minimum Gasteiger partial charge on any atom is -0.336 e. The number of rotatable bonds is 5. The second kappa shape index (κ2) is 6.65. The zero-order valence-corrected chi connectivity index (χ0v) is 15.9. The Morgan fingerprint density at radius 3 is 2.64 bits per heavy atom. The van der Waals surface area contributed by atoms with Crippen LogP contribution in [0.4, 0.5) is 5.88 Å². The molecule has 1 aliphatic carbocycles. The first-order valence-corrected chi connectivity index (χ1v) is 9.87. The van der Waals surface area contributed by atoms with Gasteiger partial charge in [-0.1, -0.05) is 65.9 Å². The van der Waals surface area contributed by atoms with E-state index >= 15 is 0 Å². The lowest BCUT2D eigenvalue weighted by atomic mass is 9.82.